The lowest BCUT2D eigenvalue weighted by Crippen LogP contribution is -2.12. The van der Waals surface area contributed by atoms with Crippen LogP contribution in [-0.4, -0.2) is 35.8 Å². The van der Waals surface area contributed by atoms with Gasteiger partial charge in [-0.3, -0.25) is 0 Å². The second-order valence-electron chi connectivity index (χ2n) is 4.68. The second-order valence-corrected chi connectivity index (χ2v) is 4.68. The first kappa shape index (κ1) is 15.2. The zero-order chi connectivity index (χ0) is 14.3. The molecule has 0 saturated carbocycles. The fraction of sp³-hybridized carbons (Fsp3) is 0.538. The van der Waals surface area contributed by atoms with Gasteiger partial charge in [0.2, 0.25) is 0 Å². The van der Waals surface area contributed by atoms with Gasteiger partial charge >= 0.3 is 5.97 Å². The summed E-state index contributed by atoms with van der Waals surface area (Å²) in [6.45, 7) is 6.23. The Morgan fingerprint density at radius 2 is 2.32 bits per heavy atom. The maximum Gasteiger partial charge on any atom is 0.337 e. The molecule has 6 nitrogen and oxygen atoms in total. The molecule has 6 heteroatoms. The van der Waals surface area contributed by atoms with Gasteiger partial charge in [-0.2, -0.15) is 0 Å². The average molecular weight is 267 g/mol. The number of carbonyl (C=O) groups is 1. The van der Waals surface area contributed by atoms with Gasteiger partial charge in [-0.15, -0.1) is 0 Å². The van der Waals surface area contributed by atoms with E-state index in [1.54, 1.807) is 0 Å². The molecule has 0 atom stereocenters. The fourth-order valence-electron chi connectivity index (χ4n) is 1.50. The Kier molecular flexibility index (Phi) is 6.08. The van der Waals surface area contributed by atoms with Gasteiger partial charge in [0, 0.05) is 26.0 Å². The van der Waals surface area contributed by atoms with Crippen molar-refractivity contribution < 1.29 is 14.6 Å². The van der Waals surface area contributed by atoms with Crippen molar-refractivity contribution in [2.45, 2.75) is 20.3 Å². The van der Waals surface area contributed by atoms with Crippen LogP contribution in [0.1, 0.15) is 30.6 Å². The first-order valence-electron chi connectivity index (χ1n) is 6.31. The number of nitrogens with one attached hydrogen (secondary N) is 1. The van der Waals surface area contributed by atoms with Crippen LogP contribution < -0.4 is 11.1 Å². The van der Waals surface area contributed by atoms with Crippen molar-refractivity contribution in [1.29, 1.82) is 0 Å². The van der Waals surface area contributed by atoms with Crippen molar-refractivity contribution in [1.82, 2.24) is 4.98 Å². The maximum atomic E-state index is 10.9. The smallest absolute Gasteiger partial charge is 0.337 e. The first-order chi connectivity index (χ1) is 9.02. The predicted octanol–water partition coefficient (Wildman–Crippen LogP) is 1.84. The first-order valence-corrected chi connectivity index (χ1v) is 6.31. The highest BCUT2D eigenvalue weighted by Gasteiger charge is 2.11. The van der Waals surface area contributed by atoms with Gasteiger partial charge in [0.05, 0.1) is 11.3 Å². The van der Waals surface area contributed by atoms with Crippen molar-refractivity contribution in [2.24, 2.45) is 5.92 Å². The fourth-order valence-corrected chi connectivity index (χ4v) is 1.50. The van der Waals surface area contributed by atoms with Crippen LogP contribution >= 0.6 is 0 Å². The van der Waals surface area contributed by atoms with Crippen LogP contribution in [0.2, 0.25) is 0 Å². The van der Waals surface area contributed by atoms with E-state index in [4.69, 9.17) is 15.6 Å². The van der Waals surface area contributed by atoms with E-state index in [9.17, 15) is 4.79 Å². The molecule has 0 aliphatic carbocycles. The number of aromatic carboxylic acids is 1. The summed E-state index contributed by atoms with van der Waals surface area (Å²) in [5, 5.41) is 11.9. The van der Waals surface area contributed by atoms with E-state index in [1.807, 2.05) is 0 Å². The topological polar surface area (TPSA) is 97.5 Å². The van der Waals surface area contributed by atoms with Crippen LogP contribution in [0.3, 0.4) is 0 Å². The summed E-state index contributed by atoms with van der Waals surface area (Å²) >= 11 is 0. The summed E-state index contributed by atoms with van der Waals surface area (Å²) in [5.41, 5.74) is 5.96. The molecule has 0 unspecified atom stereocenters. The monoisotopic (exact) mass is 267 g/mol. The lowest BCUT2D eigenvalue weighted by atomic mass is 10.2. The minimum atomic E-state index is -1.05. The molecule has 1 aromatic rings. The normalized spacial score (nSPS) is 10.7. The summed E-state index contributed by atoms with van der Waals surface area (Å²) in [5.74, 6) is -0.121. The Bertz CT molecular complexity index is 422. The zero-order valence-corrected chi connectivity index (χ0v) is 11.3. The molecule has 1 aromatic heterocycles. The molecule has 4 N–H and O–H groups in total. The van der Waals surface area contributed by atoms with Gasteiger partial charge in [0.1, 0.15) is 5.82 Å². The van der Waals surface area contributed by atoms with Crippen molar-refractivity contribution >= 4 is 17.5 Å². The van der Waals surface area contributed by atoms with E-state index in [0.717, 1.165) is 13.0 Å². The van der Waals surface area contributed by atoms with E-state index in [0.29, 0.717) is 24.9 Å². The number of rotatable bonds is 8. The van der Waals surface area contributed by atoms with E-state index in [2.05, 4.69) is 24.1 Å². The van der Waals surface area contributed by atoms with Crippen molar-refractivity contribution in [3.8, 4) is 0 Å². The molecule has 0 amide bonds. The Morgan fingerprint density at radius 3 is 2.95 bits per heavy atom. The number of nitrogens with two attached hydrogens (primary N) is 1. The molecule has 1 heterocycles. The highest BCUT2D eigenvalue weighted by molar-refractivity contribution is 5.96. The summed E-state index contributed by atoms with van der Waals surface area (Å²) in [6.07, 6.45) is 2.24. The van der Waals surface area contributed by atoms with Gasteiger partial charge in [-0.1, -0.05) is 13.8 Å². The molecule has 19 heavy (non-hydrogen) atoms. The SMILES string of the molecule is CC(C)COCCCNc1nccc(C(=O)O)c1N. The standard InChI is InChI=1S/C13H21N3O3/c1-9(2)8-19-7-3-5-15-12-11(14)10(13(17)18)4-6-16-12/h4,6,9H,3,5,7-8,14H2,1-2H3,(H,15,16)(H,17,18). The lowest BCUT2D eigenvalue weighted by molar-refractivity contribution is 0.0698. The molecule has 0 aliphatic heterocycles. The van der Waals surface area contributed by atoms with Crippen molar-refractivity contribution in [3.05, 3.63) is 17.8 Å². The summed E-state index contributed by atoms with van der Waals surface area (Å²) < 4.78 is 5.44. The number of carboxylic acid groups (broad SMARTS) is 1. The second kappa shape index (κ2) is 7.58. The van der Waals surface area contributed by atoms with Crippen molar-refractivity contribution in [2.75, 3.05) is 30.8 Å². The number of hydrogen-bond acceptors (Lipinski definition) is 5. The van der Waals surface area contributed by atoms with Crippen LogP contribution in [-0.2, 0) is 4.74 Å². The molecule has 0 bridgehead atoms. The van der Waals surface area contributed by atoms with Gasteiger partial charge in [-0.25, -0.2) is 9.78 Å². The summed E-state index contributed by atoms with van der Waals surface area (Å²) in [6, 6.07) is 1.38. The minimum Gasteiger partial charge on any atom is -0.478 e. The number of nitrogens with zero attached hydrogens (tertiary/aromatic N) is 1. The molecule has 0 fully saturated rings. The minimum absolute atomic E-state index is 0.0635. The molecule has 1 rings (SSSR count). The molecule has 0 saturated heterocycles. The summed E-state index contributed by atoms with van der Waals surface area (Å²) in [4.78, 5) is 14.9. The van der Waals surface area contributed by atoms with E-state index < -0.39 is 5.97 Å². The average Bonchev–Trinajstić information content (AvgIpc) is 2.34. The molecular formula is C13H21N3O3. The molecular weight excluding hydrogens is 246 g/mol. The molecule has 0 spiro atoms. The van der Waals surface area contributed by atoms with Crippen LogP contribution in [0.4, 0.5) is 11.5 Å². The van der Waals surface area contributed by atoms with Crippen LogP contribution in [0.15, 0.2) is 12.3 Å². The number of hydrogen-bond donors (Lipinski definition) is 3. The van der Waals surface area contributed by atoms with E-state index >= 15 is 0 Å². The Morgan fingerprint density at radius 1 is 1.58 bits per heavy atom. The van der Waals surface area contributed by atoms with Crippen molar-refractivity contribution in [3.63, 3.8) is 0 Å². The van der Waals surface area contributed by atoms with E-state index in [1.165, 1.54) is 12.3 Å². The highest BCUT2D eigenvalue weighted by Crippen LogP contribution is 2.19. The largest absolute Gasteiger partial charge is 0.478 e. The number of carboxylic acids is 1. The third-order valence-electron chi connectivity index (χ3n) is 2.43. The predicted molar refractivity (Wildman–Crippen MR) is 74.4 cm³/mol. The molecule has 106 valence electrons. The quantitative estimate of drug-likeness (QED) is 0.622. The molecule has 0 radical (unpaired) electrons. The van der Waals surface area contributed by atoms with Crippen LogP contribution in [0.5, 0.6) is 0 Å². The van der Waals surface area contributed by atoms with Gasteiger partial charge in [0.25, 0.3) is 0 Å². The number of nitrogen functional groups attached to an aromatic ring is 1. The Balaban J connectivity index is 2.37. The third kappa shape index (κ3) is 5.13. The number of anilines is 2. The maximum absolute atomic E-state index is 10.9. The van der Waals surface area contributed by atoms with Gasteiger partial charge < -0.3 is 20.9 Å². The number of aromatic nitrogens is 1. The Labute approximate surface area is 113 Å². The van der Waals surface area contributed by atoms with Crippen LogP contribution in [0.25, 0.3) is 0 Å². The van der Waals surface area contributed by atoms with Gasteiger partial charge in [0.15, 0.2) is 0 Å². The van der Waals surface area contributed by atoms with E-state index in [-0.39, 0.29) is 11.3 Å². The number of ether oxygens (including phenoxy) is 1. The third-order valence-corrected chi connectivity index (χ3v) is 2.43. The van der Waals surface area contributed by atoms with Gasteiger partial charge in [-0.05, 0) is 18.4 Å². The molecule has 0 aliphatic rings. The molecule has 0 aromatic carbocycles. The number of pyridine rings is 1. The Hall–Kier alpha value is -1.82. The zero-order valence-electron chi connectivity index (χ0n) is 11.3. The van der Waals surface area contributed by atoms with Crippen LogP contribution in [0, 0.1) is 5.92 Å². The summed E-state index contributed by atoms with van der Waals surface area (Å²) in [7, 11) is 0. The highest BCUT2D eigenvalue weighted by atomic mass is 16.5. The lowest BCUT2D eigenvalue weighted by Gasteiger charge is -2.10.